The lowest BCUT2D eigenvalue weighted by atomic mass is 9.94. The number of aryl methyl sites for hydroxylation is 2. The smallest absolute Gasteiger partial charge is 0.197 e. The quantitative estimate of drug-likeness (QED) is 0.780. The number of carbonyl (C=O) groups is 1. The van der Waals surface area contributed by atoms with E-state index in [0.717, 1.165) is 28.7 Å². The molecule has 0 aromatic heterocycles. The molecule has 2 aromatic rings. The molecule has 0 fully saturated rings. The Labute approximate surface area is 120 Å². The van der Waals surface area contributed by atoms with Gasteiger partial charge >= 0.3 is 0 Å². The Hall–Kier alpha value is -2.09. The highest BCUT2D eigenvalue weighted by atomic mass is 16.5. The Bertz CT molecular complexity index is 642. The summed E-state index contributed by atoms with van der Waals surface area (Å²) in [6.07, 6.45) is 0.842. The van der Waals surface area contributed by atoms with Gasteiger partial charge in [-0.15, -0.1) is 0 Å². The van der Waals surface area contributed by atoms with Gasteiger partial charge < -0.3 is 4.74 Å². The van der Waals surface area contributed by atoms with Crippen molar-refractivity contribution in [2.75, 3.05) is 7.11 Å². The summed E-state index contributed by atoms with van der Waals surface area (Å²) in [6.45, 7) is 6.06. The molecule has 0 atom stereocenters. The molecular weight excluding hydrogens is 248 g/mol. The van der Waals surface area contributed by atoms with E-state index in [1.165, 1.54) is 0 Å². The molecule has 0 unspecified atom stereocenters. The first-order valence-corrected chi connectivity index (χ1v) is 6.87. The highest BCUT2D eigenvalue weighted by Gasteiger charge is 2.18. The summed E-state index contributed by atoms with van der Waals surface area (Å²) in [7, 11) is 1.62. The molecule has 0 saturated carbocycles. The minimum atomic E-state index is 0.0300. The average molecular weight is 268 g/mol. The molecule has 0 spiro atoms. The maximum absolute atomic E-state index is 12.8. The molecule has 20 heavy (non-hydrogen) atoms. The predicted octanol–water partition coefficient (Wildman–Crippen LogP) is 4.11. The molecule has 2 nitrogen and oxygen atoms in total. The second kappa shape index (κ2) is 5.91. The molecule has 0 bridgehead atoms. The van der Waals surface area contributed by atoms with Crippen LogP contribution in [-0.4, -0.2) is 12.9 Å². The van der Waals surface area contributed by atoms with Crippen molar-refractivity contribution in [1.29, 1.82) is 0 Å². The van der Waals surface area contributed by atoms with Crippen molar-refractivity contribution >= 4 is 5.78 Å². The second-order valence-corrected chi connectivity index (χ2v) is 4.93. The molecule has 2 heteroatoms. The van der Waals surface area contributed by atoms with Crippen LogP contribution in [-0.2, 0) is 6.42 Å². The third kappa shape index (κ3) is 2.46. The van der Waals surface area contributed by atoms with Crippen LogP contribution in [0.25, 0.3) is 0 Å². The Morgan fingerprint density at radius 2 is 1.75 bits per heavy atom. The highest BCUT2D eigenvalue weighted by Crippen LogP contribution is 2.29. The average Bonchev–Trinajstić information content (AvgIpc) is 2.49. The summed E-state index contributed by atoms with van der Waals surface area (Å²) < 4.78 is 5.45. The van der Waals surface area contributed by atoms with E-state index >= 15 is 0 Å². The van der Waals surface area contributed by atoms with E-state index < -0.39 is 0 Å². The van der Waals surface area contributed by atoms with Crippen molar-refractivity contribution in [3.8, 4) is 5.75 Å². The molecule has 2 rings (SSSR count). The van der Waals surface area contributed by atoms with Crippen molar-refractivity contribution in [3.63, 3.8) is 0 Å². The summed E-state index contributed by atoms with van der Waals surface area (Å²) in [5.41, 5.74) is 4.61. The fourth-order valence-electron chi connectivity index (χ4n) is 2.43. The van der Waals surface area contributed by atoms with Crippen molar-refractivity contribution in [1.82, 2.24) is 0 Å². The van der Waals surface area contributed by atoms with E-state index in [1.54, 1.807) is 7.11 Å². The minimum absolute atomic E-state index is 0.0300. The van der Waals surface area contributed by atoms with Crippen LogP contribution < -0.4 is 4.74 Å². The number of methoxy groups -OCH3 is 1. The van der Waals surface area contributed by atoms with E-state index in [-0.39, 0.29) is 5.78 Å². The normalized spacial score (nSPS) is 10.4. The number of ether oxygens (including phenoxy) is 1. The molecule has 2 aromatic carbocycles. The van der Waals surface area contributed by atoms with Gasteiger partial charge in [0.15, 0.2) is 5.78 Å². The van der Waals surface area contributed by atoms with E-state index in [1.807, 2.05) is 50.2 Å². The van der Waals surface area contributed by atoms with Gasteiger partial charge in [-0.2, -0.15) is 0 Å². The topological polar surface area (TPSA) is 26.3 Å². The summed E-state index contributed by atoms with van der Waals surface area (Å²) in [5, 5.41) is 0. The maximum Gasteiger partial charge on any atom is 0.197 e. The Balaban J connectivity index is 2.57. The summed E-state index contributed by atoms with van der Waals surface area (Å²) in [5.74, 6) is 0.711. The number of carbonyl (C=O) groups excluding carboxylic acids is 1. The fourth-order valence-corrected chi connectivity index (χ4v) is 2.43. The Morgan fingerprint density at radius 3 is 2.40 bits per heavy atom. The van der Waals surface area contributed by atoms with Gasteiger partial charge in [-0.3, -0.25) is 4.79 Å². The van der Waals surface area contributed by atoms with E-state index in [2.05, 4.69) is 6.92 Å². The number of rotatable bonds is 4. The third-order valence-electron chi connectivity index (χ3n) is 3.77. The minimum Gasteiger partial charge on any atom is -0.496 e. The van der Waals surface area contributed by atoms with Gasteiger partial charge in [0, 0.05) is 5.56 Å². The number of hydrogen-bond donors (Lipinski definition) is 0. The van der Waals surface area contributed by atoms with Gasteiger partial charge in [-0.1, -0.05) is 37.3 Å². The summed E-state index contributed by atoms with van der Waals surface area (Å²) in [4.78, 5) is 12.8. The van der Waals surface area contributed by atoms with Crippen molar-refractivity contribution in [2.45, 2.75) is 27.2 Å². The Kier molecular flexibility index (Phi) is 4.23. The monoisotopic (exact) mass is 268 g/mol. The van der Waals surface area contributed by atoms with Crippen LogP contribution >= 0.6 is 0 Å². The molecule has 0 radical (unpaired) electrons. The van der Waals surface area contributed by atoms with Gasteiger partial charge in [0.05, 0.1) is 12.7 Å². The summed E-state index contributed by atoms with van der Waals surface area (Å²) in [6, 6.07) is 11.6. The number of hydrogen-bond acceptors (Lipinski definition) is 2. The lowest BCUT2D eigenvalue weighted by Gasteiger charge is -2.14. The van der Waals surface area contributed by atoms with Crippen molar-refractivity contribution in [2.24, 2.45) is 0 Å². The molecule has 0 saturated heterocycles. The van der Waals surface area contributed by atoms with Crippen molar-refractivity contribution in [3.05, 3.63) is 64.2 Å². The zero-order chi connectivity index (χ0) is 14.7. The first kappa shape index (κ1) is 14.3. The van der Waals surface area contributed by atoms with E-state index in [4.69, 9.17) is 4.74 Å². The SMILES string of the molecule is CCc1ccccc1C(=O)c1ccc(C)c(C)c1OC. The highest BCUT2D eigenvalue weighted by molar-refractivity contribution is 6.11. The summed E-state index contributed by atoms with van der Waals surface area (Å²) >= 11 is 0. The molecule has 0 aliphatic carbocycles. The molecule has 0 N–H and O–H groups in total. The van der Waals surface area contributed by atoms with Crippen LogP contribution in [0.4, 0.5) is 0 Å². The number of ketones is 1. The maximum atomic E-state index is 12.8. The second-order valence-electron chi connectivity index (χ2n) is 4.93. The van der Waals surface area contributed by atoms with Crippen LogP contribution in [0, 0.1) is 13.8 Å². The lowest BCUT2D eigenvalue weighted by Crippen LogP contribution is -2.08. The first-order chi connectivity index (χ1) is 9.60. The van der Waals surface area contributed by atoms with Crippen LogP contribution in [0.15, 0.2) is 36.4 Å². The van der Waals surface area contributed by atoms with Crippen LogP contribution in [0.3, 0.4) is 0 Å². The molecule has 0 heterocycles. The molecule has 0 amide bonds. The molecule has 0 aliphatic heterocycles. The molecule has 104 valence electrons. The predicted molar refractivity (Wildman–Crippen MR) is 81.7 cm³/mol. The van der Waals surface area contributed by atoms with Gasteiger partial charge in [0.1, 0.15) is 5.75 Å². The standard InChI is InChI=1S/C18H20O2/c1-5-14-8-6-7-9-15(14)17(19)16-11-10-12(2)13(3)18(16)20-4/h6-11H,5H2,1-4H3. The van der Waals surface area contributed by atoms with E-state index in [0.29, 0.717) is 11.3 Å². The Morgan fingerprint density at radius 1 is 1.05 bits per heavy atom. The largest absolute Gasteiger partial charge is 0.496 e. The molecule has 0 aliphatic rings. The lowest BCUT2D eigenvalue weighted by molar-refractivity contribution is 0.103. The first-order valence-electron chi connectivity index (χ1n) is 6.87. The van der Waals surface area contributed by atoms with Gasteiger partial charge in [0.2, 0.25) is 0 Å². The van der Waals surface area contributed by atoms with Crippen LogP contribution in [0.2, 0.25) is 0 Å². The zero-order valence-corrected chi connectivity index (χ0v) is 12.5. The van der Waals surface area contributed by atoms with Gasteiger partial charge in [-0.25, -0.2) is 0 Å². The van der Waals surface area contributed by atoms with Crippen molar-refractivity contribution < 1.29 is 9.53 Å². The van der Waals surface area contributed by atoms with Crippen LogP contribution in [0.1, 0.15) is 39.5 Å². The third-order valence-corrected chi connectivity index (χ3v) is 3.77. The van der Waals surface area contributed by atoms with E-state index in [9.17, 15) is 4.79 Å². The molecular formula is C18H20O2. The zero-order valence-electron chi connectivity index (χ0n) is 12.5. The number of benzene rings is 2. The fraction of sp³-hybridized carbons (Fsp3) is 0.278. The van der Waals surface area contributed by atoms with Gasteiger partial charge in [-0.05, 0) is 43.0 Å². The van der Waals surface area contributed by atoms with Crippen LogP contribution in [0.5, 0.6) is 5.75 Å². The van der Waals surface area contributed by atoms with Gasteiger partial charge in [0.25, 0.3) is 0 Å².